The second-order valence-electron chi connectivity index (χ2n) is 5.48. The van der Waals surface area contributed by atoms with Crippen LogP contribution in [0.1, 0.15) is 30.9 Å². The Labute approximate surface area is 122 Å². The molecular weight excluding hydrogens is 279 g/mol. The zero-order valence-corrected chi connectivity index (χ0v) is 12.0. The molecular formula is C16H18F3NO. The van der Waals surface area contributed by atoms with Gasteiger partial charge in [0.2, 0.25) is 5.91 Å². The van der Waals surface area contributed by atoms with Crippen molar-refractivity contribution in [2.75, 3.05) is 7.05 Å². The van der Waals surface area contributed by atoms with Gasteiger partial charge in [0.15, 0.2) is 0 Å². The summed E-state index contributed by atoms with van der Waals surface area (Å²) in [5.74, 6) is 0.368. The number of hydrogen-bond donors (Lipinski definition) is 0. The van der Waals surface area contributed by atoms with Crippen molar-refractivity contribution in [3.63, 3.8) is 0 Å². The van der Waals surface area contributed by atoms with Crippen LogP contribution in [0.2, 0.25) is 0 Å². The molecule has 0 N–H and O–H groups in total. The number of carbonyl (C=O) groups excluding carboxylic acids is 1. The lowest BCUT2D eigenvalue weighted by Gasteiger charge is -2.23. The number of likely N-dealkylation sites (N-methyl/N-ethyl adjacent to an activating group) is 1. The number of alkyl halides is 3. The molecule has 1 saturated carbocycles. The molecule has 2 nitrogen and oxygen atoms in total. The van der Waals surface area contributed by atoms with Crippen LogP contribution >= 0.6 is 0 Å². The van der Waals surface area contributed by atoms with E-state index in [0.29, 0.717) is 11.5 Å². The zero-order chi connectivity index (χ0) is 15.6. The SMILES string of the molecule is CC(C1CC1)N(C)C(=O)/C=C/c1cccc(C(F)(F)F)c1. The fourth-order valence-corrected chi connectivity index (χ4v) is 2.20. The van der Waals surface area contributed by atoms with Gasteiger partial charge < -0.3 is 4.90 Å². The van der Waals surface area contributed by atoms with E-state index >= 15 is 0 Å². The summed E-state index contributed by atoms with van der Waals surface area (Å²) in [6.45, 7) is 1.99. The van der Waals surface area contributed by atoms with Crippen molar-refractivity contribution in [2.45, 2.75) is 32.0 Å². The Balaban J connectivity index is 2.05. The van der Waals surface area contributed by atoms with Gasteiger partial charge in [0, 0.05) is 19.2 Å². The van der Waals surface area contributed by atoms with Crippen molar-refractivity contribution in [1.82, 2.24) is 4.90 Å². The molecule has 2 rings (SSSR count). The summed E-state index contributed by atoms with van der Waals surface area (Å²) in [4.78, 5) is 13.6. The number of halogens is 3. The van der Waals surface area contributed by atoms with Crippen LogP contribution in [0.15, 0.2) is 30.3 Å². The molecule has 1 aromatic carbocycles. The van der Waals surface area contributed by atoms with E-state index in [4.69, 9.17) is 0 Å². The fourth-order valence-electron chi connectivity index (χ4n) is 2.20. The second-order valence-corrected chi connectivity index (χ2v) is 5.48. The highest BCUT2D eigenvalue weighted by atomic mass is 19.4. The van der Waals surface area contributed by atoms with Crippen molar-refractivity contribution in [1.29, 1.82) is 0 Å². The summed E-state index contributed by atoms with van der Waals surface area (Å²) >= 11 is 0. The maximum absolute atomic E-state index is 12.6. The molecule has 1 unspecified atom stereocenters. The minimum atomic E-state index is -4.37. The first-order chi connectivity index (χ1) is 9.79. The van der Waals surface area contributed by atoms with E-state index in [1.54, 1.807) is 18.0 Å². The van der Waals surface area contributed by atoms with Crippen LogP contribution in [0.5, 0.6) is 0 Å². The maximum Gasteiger partial charge on any atom is 0.416 e. The van der Waals surface area contributed by atoms with Crippen molar-refractivity contribution in [3.8, 4) is 0 Å². The molecule has 0 heterocycles. The third-order valence-corrected chi connectivity index (χ3v) is 3.90. The lowest BCUT2D eigenvalue weighted by molar-refractivity contribution is -0.137. The third-order valence-electron chi connectivity index (χ3n) is 3.90. The van der Waals surface area contributed by atoms with Gasteiger partial charge in [-0.15, -0.1) is 0 Å². The van der Waals surface area contributed by atoms with Gasteiger partial charge in [-0.3, -0.25) is 4.79 Å². The maximum atomic E-state index is 12.6. The highest BCUT2D eigenvalue weighted by Crippen LogP contribution is 2.34. The van der Waals surface area contributed by atoms with E-state index in [1.807, 2.05) is 6.92 Å². The topological polar surface area (TPSA) is 20.3 Å². The lowest BCUT2D eigenvalue weighted by atomic mass is 10.1. The second kappa shape index (κ2) is 5.92. The van der Waals surface area contributed by atoms with E-state index in [9.17, 15) is 18.0 Å². The first kappa shape index (κ1) is 15.6. The normalized spacial score (nSPS) is 17.0. The van der Waals surface area contributed by atoms with Crippen LogP contribution in [-0.2, 0) is 11.0 Å². The smallest absolute Gasteiger partial charge is 0.339 e. The summed E-state index contributed by atoms with van der Waals surface area (Å²) in [5, 5.41) is 0. The van der Waals surface area contributed by atoms with Gasteiger partial charge in [0.05, 0.1) is 5.56 Å². The van der Waals surface area contributed by atoms with Crippen LogP contribution in [0.25, 0.3) is 6.08 Å². The van der Waals surface area contributed by atoms with Crippen LogP contribution in [0.4, 0.5) is 13.2 Å². The summed E-state index contributed by atoms with van der Waals surface area (Å²) in [7, 11) is 1.72. The van der Waals surface area contributed by atoms with Crippen molar-refractivity contribution in [3.05, 3.63) is 41.5 Å². The van der Waals surface area contributed by atoms with Gasteiger partial charge in [0.1, 0.15) is 0 Å². The summed E-state index contributed by atoms with van der Waals surface area (Å²) < 4.78 is 37.8. The van der Waals surface area contributed by atoms with Crippen molar-refractivity contribution >= 4 is 12.0 Å². The summed E-state index contributed by atoms with van der Waals surface area (Å²) in [6, 6.07) is 5.10. The first-order valence-electron chi connectivity index (χ1n) is 6.91. The quantitative estimate of drug-likeness (QED) is 0.770. The molecule has 1 amide bonds. The molecule has 0 aromatic heterocycles. The van der Waals surface area contributed by atoms with Gasteiger partial charge in [-0.2, -0.15) is 13.2 Å². The van der Waals surface area contributed by atoms with Crippen molar-refractivity contribution < 1.29 is 18.0 Å². The first-order valence-corrected chi connectivity index (χ1v) is 6.91. The minimum absolute atomic E-state index is 0.170. The molecule has 21 heavy (non-hydrogen) atoms. The van der Waals surface area contributed by atoms with Crippen molar-refractivity contribution in [2.24, 2.45) is 5.92 Å². The molecule has 0 radical (unpaired) electrons. The number of benzene rings is 1. The molecule has 0 aliphatic heterocycles. The summed E-state index contributed by atoms with van der Waals surface area (Å²) in [6.07, 6.45) is 0.652. The average Bonchev–Trinajstić information content (AvgIpc) is 3.27. The van der Waals surface area contributed by atoms with Crippen LogP contribution < -0.4 is 0 Å². The Morgan fingerprint density at radius 1 is 1.38 bits per heavy atom. The van der Waals surface area contributed by atoms with E-state index < -0.39 is 11.7 Å². The molecule has 1 aliphatic rings. The van der Waals surface area contributed by atoms with Gasteiger partial charge in [0.25, 0.3) is 0 Å². The van der Waals surface area contributed by atoms with Crippen LogP contribution in [0, 0.1) is 5.92 Å². The predicted molar refractivity (Wildman–Crippen MR) is 75.4 cm³/mol. The van der Waals surface area contributed by atoms with Gasteiger partial charge in [-0.05, 0) is 49.5 Å². The third kappa shape index (κ3) is 4.09. The standard InChI is InChI=1S/C16H18F3NO/c1-11(13-7-8-13)20(2)15(21)9-6-12-4-3-5-14(10-12)16(17,18)19/h3-6,9-11,13H,7-8H2,1-2H3/b9-6+. The molecule has 1 fully saturated rings. The van der Waals surface area contributed by atoms with E-state index in [0.717, 1.165) is 25.0 Å². The zero-order valence-electron chi connectivity index (χ0n) is 12.0. The van der Waals surface area contributed by atoms with E-state index in [1.165, 1.54) is 18.2 Å². The molecule has 0 spiro atoms. The number of amides is 1. The molecule has 0 bridgehead atoms. The Hall–Kier alpha value is -1.78. The Kier molecular flexibility index (Phi) is 4.40. The molecule has 1 aliphatic carbocycles. The number of nitrogens with zero attached hydrogens (tertiary/aromatic N) is 1. The average molecular weight is 297 g/mol. The predicted octanol–water partition coefficient (Wildman–Crippen LogP) is 3.98. The molecule has 114 valence electrons. The van der Waals surface area contributed by atoms with Crippen LogP contribution in [0.3, 0.4) is 0 Å². The Bertz CT molecular complexity index is 547. The number of rotatable bonds is 4. The fraction of sp³-hybridized carbons (Fsp3) is 0.438. The van der Waals surface area contributed by atoms with E-state index in [-0.39, 0.29) is 11.9 Å². The minimum Gasteiger partial charge on any atom is -0.339 e. The molecule has 1 atom stereocenters. The van der Waals surface area contributed by atoms with E-state index in [2.05, 4.69) is 0 Å². The van der Waals surface area contributed by atoms with Gasteiger partial charge in [-0.25, -0.2) is 0 Å². The summed E-state index contributed by atoms with van der Waals surface area (Å²) in [5.41, 5.74) is -0.345. The van der Waals surface area contributed by atoms with Gasteiger partial charge >= 0.3 is 6.18 Å². The molecule has 5 heteroatoms. The molecule has 0 saturated heterocycles. The molecule has 1 aromatic rings. The largest absolute Gasteiger partial charge is 0.416 e. The highest BCUT2D eigenvalue weighted by molar-refractivity contribution is 5.91. The number of carbonyl (C=O) groups is 1. The Morgan fingerprint density at radius 2 is 2.05 bits per heavy atom. The monoisotopic (exact) mass is 297 g/mol. The van der Waals surface area contributed by atoms with Crippen LogP contribution in [-0.4, -0.2) is 23.9 Å². The Morgan fingerprint density at radius 3 is 2.62 bits per heavy atom. The number of hydrogen-bond acceptors (Lipinski definition) is 1. The van der Waals surface area contributed by atoms with Gasteiger partial charge in [-0.1, -0.05) is 12.1 Å². The lowest BCUT2D eigenvalue weighted by Crippen LogP contribution is -2.35. The highest BCUT2D eigenvalue weighted by Gasteiger charge is 2.32.